The first-order valence-electron chi connectivity index (χ1n) is 11.1. The van der Waals surface area contributed by atoms with Gasteiger partial charge in [0.25, 0.3) is 0 Å². The lowest BCUT2D eigenvalue weighted by Gasteiger charge is -2.46. The van der Waals surface area contributed by atoms with E-state index in [9.17, 15) is 5.11 Å². The molecule has 1 aromatic carbocycles. The van der Waals surface area contributed by atoms with Gasteiger partial charge in [-0.15, -0.1) is 0 Å². The number of ether oxygens (including phenoxy) is 1. The normalized spacial score (nSPS) is 23.2. The zero-order valence-corrected chi connectivity index (χ0v) is 18.1. The molecule has 0 aliphatic carbocycles. The zero-order valence-electron chi connectivity index (χ0n) is 18.1. The van der Waals surface area contributed by atoms with Crippen LogP contribution in [0.4, 0.5) is 0 Å². The summed E-state index contributed by atoms with van der Waals surface area (Å²) in [6, 6.07) is 7.66. The summed E-state index contributed by atoms with van der Waals surface area (Å²) in [7, 11) is 1.73. The second-order valence-corrected chi connectivity index (χ2v) is 8.51. The van der Waals surface area contributed by atoms with Gasteiger partial charge in [-0.3, -0.25) is 9.80 Å². The molecule has 1 aromatic rings. The average molecular weight is 390 g/mol. The minimum atomic E-state index is 0.269. The number of nitrogens with zero attached hydrogens (tertiary/aromatic N) is 3. The fourth-order valence-corrected chi connectivity index (χ4v) is 4.98. The fraction of sp³-hybridized carbons (Fsp3) is 0.739. The molecule has 158 valence electrons. The van der Waals surface area contributed by atoms with Gasteiger partial charge in [-0.25, -0.2) is 0 Å². The molecule has 5 heteroatoms. The first-order chi connectivity index (χ1) is 13.6. The van der Waals surface area contributed by atoms with Gasteiger partial charge in [-0.2, -0.15) is 0 Å². The quantitative estimate of drug-likeness (QED) is 0.740. The standard InChI is InChI=1S/C23H39N3O2/c1-4-10-24-11-7-21(8-12-24)26-14-13-25(22(18-26)9-15-27)17-20-5-6-23(28-3)19(2)16-20/h5-6,16,21-22,27H,4,7-15,17-18H2,1-3H3. The van der Waals surface area contributed by atoms with Crippen molar-refractivity contribution in [3.63, 3.8) is 0 Å². The third-order valence-corrected chi connectivity index (χ3v) is 6.56. The van der Waals surface area contributed by atoms with E-state index >= 15 is 0 Å². The Hall–Kier alpha value is -1.14. The van der Waals surface area contributed by atoms with E-state index in [0.29, 0.717) is 6.04 Å². The van der Waals surface area contributed by atoms with E-state index < -0.39 is 0 Å². The van der Waals surface area contributed by atoms with E-state index in [2.05, 4.69) is 46.7 Å². The number of piperazine rings is 1. The van der Waals surface area contributed by atoms with Crippen LogP contribution in [-0.2, 0) is 6.54 Å². The molecule has 2 saturated heterocycles. The van der Waals surface area contributed by atoms with E-state index in [1.54, 1.807) is 7.11 Å². The van der Waals surface area contributed by atoms with Crippen LogP contribution in [0.5, 0.6) is 5.75 Å². The zero-order chi connectivity index (χ0) is 19.9. The van der Waals surface area contributed by atoms with Crippen molar-refractivity contribution in [2.75, 3.05) is 53.0 Å². The van der Waals surface area contributed by atoms with Crippen LogP contribution in [0.1, 0.15) is 43.7 Å². The first-order valence-corrected chi connectivity index (χ1v) is 11.1. The molecule has 5 nitrogen and oxygen atoms in total. The lowest BCUT2D eigenvalue weighted by Crippen LogP contribution is -2.57. The Morgan fingerprint density at radius 2 is 1.93 bits per heavy atom. The van der Waals surface area contributed by atoms with Gasteiger partial charge in [0.1, 0.15) is 5.75 Å². The molecule has 0 saturated carbocycles. The molecule has 1 N–H and O–H groups in total. The molecule has 1 atom stereocenters. The van der Waals surface area contributed by atoms with Crippen molar-refractivity contribution < 1.29 is 9.84 Å². The van der Waals surface area contributed by atoms with Gasteiger partial charge in [0.05, 0.1) is 7.11 Å². The minimum Gasteiger partial charge on any atom is -0.496 e. The molecule has 2 aliphatic heterocycles. The first kappa shape index (κ1) is 21.6. The Labute approximate surface area is 171 Å². The van der Waals surface area contributed by atoms with Crippen molar-refractivity contribution in [1.29, 1.82) is 0 Å². The summed E-state index contributed by atoms with van der Waals surface area (Å²) in [4.78, 5) is 7.89. The highest BCUT2D eigenvalue weighted by molar-refractivity contribution is 5.36. The third kappa shape index (κ3) is 5.47. The molecule has 2 fully saturated rings. The number of methoxy groups -OCH3 is 1. The number of aliphatic hydroxyl groups is 1. The van der Waals surface area contributed by atoms with Crippen LogP contribution in [0.25, 0.3) is 0 Å². The van der Waals surface area contributed by atoms with Crippen LogP contribution < -0.4 is 4.74 Å². The van der Waals surface area contributed by atoms with Crippen LogP contribution in [0.2, 0.25) is 0 Å². The lowest BCUT2D eigenvalue weighted by atomic mass is 9.99. The monoisotopic (exact) mass is 389 g/mol. The number of benzene rings is 1. The molecule has 28 heavy (non-hydrogen) atoms. The van der Waals surface area contributed by atoms with Crippen molar-refractivity contribution in [3.8, 4) is 5.75 Å². The number of hydrogen-bond acceptors (Lipinski definition) is 5. The number of aliphatic hydroxyl groups excluding tert-OH is 1. The Bertz CT molecular complexity index is 602. The average Bonchev–Trinajstić information content (AvgIpc) is 2.70. The van der Waals surface area contributed by atoms with Gasteiger partial charge in [0.2, 0.25) is 0 Å². The number of hydrogen-bond donors (Lipinski definition) is 1. The Morgan fingerprint density at radius 3 is 2.57 bits per heavy atom. The highest BCUT2D eigenvalue weighted by Crippen LogP contribution is 2.25. The smallest absolute Gasteiger partial charge is 0.121 e. The predicted octanol–water partition coefficient (Wildman–Crippen LogP) is 2.75. The van der Waals surface area contributed by atoms with Gasteiger partial charge in [0, 0.05) is 44.9 Å². The summed E-state index contributed by atoms with van der Waals surface area (Å²) in [5.74, 6) is 0.954. The Morgan fingerprint density at radius 1 is 1.14 bits per heavy atom. The van der Waals surface area contributed by atoms with E-state index in [-0.39, 0.29) is 6.61 Å². The maximum absolute atomic E-state index is 9.64. The van der Waals surface area contributed by atoms with E-state index in [1.807, 2.05) is 0 Å². The molecule has 2 heterocycles. The molecular weight excluding hydrogens is 350 g/mol. The van der Waals surface area contributed by atoms with Crippen molar-refractivity contribution in [3.05, 3.63) is 29.3 Å². The topological polar surface area (TPSA) is 39.2 Å². The van der Waals surface area contributed by atoms with Crippen molar-refractivity contribution >= 4 is 0 Å². The van der Waals surface area contributed by atoms with Crippen LogP contribution in [-0.4, -0.2) is 84.9 Å². The van der Waals surface area contributed by atoms with Gasteiger partial charge in [0.15, 0.2) is 0 Å². The molecule has 0 amide bonds. The lowest BCUT2D eigenvalue weighted by molar-refractivity contribution is 0.0131. The highest BCUT2D eigenvalue weighted by Gasteiger charge is 2.32. The molecular formula is C23H39N3O2. The second kappa shape index (κ2) is 10.6. The number of aryl methyl sites for hydroxylation is 1. The Balaban J connectivity index is 1.57. The minimum absolute atomic E-state index is 0.269. The summed E-state index contributed by atoms with van der Waals surface area (Å²) >= 11 is 0. The molecule has 1 unspecified atom stereocenters. The van der Waals surface area contributed by atoms with Crippen molar-refractivity contribution in [1.82, 2.24) is 14.7 Å². The Kier molecular flexibility index (Phi) is 8.15. The summed E-state index contributed by atoms with van der Waals surface area (Å²) in [5.41, 5.74) is 2.53. The second-order valence-electron chi connectivity index (χ2n) is 8.51. The summed E-state index contributed by atoms with van der Waals surface area (Å²) in [6.45, 7) is 12.7. The molecule has 0 radical (unpaired) electrons. The fourth-order valence-electron chi connectivity index (χ4n) is 4.98. The highest BCUT2D eigenvalue weighted by atomic mass is 16.5. The van der Waals surface area contributed by atoms with E-state index in [4.69, 9.17) is 4.74 Å². The van der Waals surface area contributed by atoms with Crippen molar-refractivity contribution in [2.24, 2.45) is 0 Å². The predicted molar refractivity (Wildman–Crippen MR) is 115 cm³/mol. The van der Waals surface area contributed by atoms with Gasteiger partial charge in [-0.1, -0.05) is 19.1 Å². The van der Waals surface area contributed by atoms with Gasteiger partial charge in [-0.05, 0) is 69.4 Å². The third-order valence-electron chi connectivity index (χ3n) is 6.56. The SMILES string of the molecule is CCCN1CCC(N2CCN(Cc3ccc(OC)c(C)c3)C(CCO)C2)CC1. The number of likely N-dealkylation sites (tertiary alicyclic amines) is 1. The number of rotatable bonds is 8. The summed E-state index contributed by atoms with van der Waals surface area (Å²) in [6.07, 6.45) is 4.71. The van der Waals surface area contributed by atoms with E-state index in [0.717, 1.165) is 44.4 Å². The number of piperidine rings is 1. The molecule has 0 bridgehead atoms. The maximum Gasteiger partial charge on any atom is 0.121 e. The molecule has 0 aromatic heterocycles. The van der Waals surface area contributed by atoms with Gasteiger partial charge >= 0.3 is 0 Å². The van der Waals surface area contributed by atoms with Gasteiger partial charge < -0.3 is 14.7 Å². The largest absolute Gasteiger partial charge is 0.496 e. The van der Waals surface area contributed by atoms with Crippen molar-refractivity contribution in [2.45, 2.75) is 58.2 Å². The summed E-state index contributed by atoms with van der Waals surface area (Å²) in [5, 5.41) is 9.64. The molecule has 2 aliphatic rings. The van der Waals surface area contributed by atoms with Crippen LogP contribution in [0.3, 0.4) is 0 Å². The molecule has 3 rings (SSSR count). The van der Waals surface area contributed by atoms with Crippen LogP contribution >= 0.6 is 0 Å². The maximum atomic E-state index is 9.64. The van der Waals surface area contributed by atoms with Crippen LogP contribution in [0.15, 0.2) is 18.2 Å². The van der Waals surface area contributed by atoms with E-state index in [1.165, 1.54) is 50.0 Å². The molecule has 0 spiro atoms. The summed E-state index contributed by atoms with van der Waals surface area (Å²) < 4.78 is 5.40. The van der Waals surface area contributed by atoms with Crippen LogP contribution in [0, 0.1) is 6.92 Å².